The zero-order chi connectivity index (χ0) is 20.5. The molecular formula is C24H34O4. The highest BCUT2D eigenvalue weighted by atomic mass is 16.5. The second kappa shape index (κ2) is 8.18. The molecule has 0 unspecified atom stereocenters. The number of fused-ring (bicyclic) bond motifs is 1. The van der Waals surface area contributed by atoms with Crippen molar-refractivity contribution in [1.29, 1.82) is 0 Å². The predicted octanol–water partition coefficient (Wildman–Crippen LogP) is 5.62. The molecule has 1 aliphatic carbocycles. The molecule has 0 saturated carbocycles. The number of benzene rings is 1. The van der Waals surface area contributed by atoms with E-state index < -0.39 is 0 Å². The topological polar surface area (TPSA) is 44.8 Å². The van der Waals surface area contributed by atoms with Crippen molar-refractivity contribution < 1.29 is 19.0 Å². The van der Waals surface area contributed by atoms with E-state index in [-0.39, 0.29) is 17.3 Å². The molecule has 1 aromatic rings. The first-order valence-corrected chi connectivity index (χ1v) is 10.5. The molecule has 1 aliphatic heterocycles. The first kappa shape index (κ1) is 20.8. The van der Waals surface area contributed by atoms with Crippen LogP contribution in [0.2, 0.25) is 0 Å². The number of hydrogen-bond acceptors (Lipinski definition) is 4. The summed E-state index contributed by atoms with van der Waals surface area (Å²) in [6.07, 6.45) is 8.85. The van der Waals surface area contributed by atoms with Gasteiger partial charge in [0.1, 0.15) is 28.4 Å². The Morgan fingerprint density at radius 3 is 2.43 bits per heavy atom. The molecule has 0 bridgehead atoms. The summed E-state index contributed by atoms with van der Waals surface area (Å²) in [6, 6.07) is 1.83. The van der Waals surface area contributed by atoms with E-state index in [0.717, 1.165) is 37.0 Å². The van der Waals surface area contributed by atoms with Crippen LogP contribution in [0, 0.1) is 17.8 Å². The minimum atomic E-state index is -0.331. The van der Waals surface area contributed by atoms with Crippen molar-refractivity contribution in [3.05, 3.63) is 29.3 Å². The zero-order valence-electron chi connectivity index (χ0n) is 18.1. The molecule has 0 N–H and O–H groups in total. The maximum absolute atomic E-state index is 13.1. The number of hydrogen-bond donors (Lipinski definition) is 0. The highest BCUT2D eigenvalue weighted by Crippen LogP contribution is 2.48. The number of carbonyl (C=O) groups is 1. The van der Waals surface area contributed by atoms with E-state index in [4.69, 9.17) is 14.2 Å². The molecule has 1 spiro atoms. The average molecular weight is 387 g/mol. The lowest BCUT2D eigenvalue weighted by molar-refractivity contribution is 0.0661. The van der Waals surface area contributed by atoms with E-state index in [1.54, 1.807) is 14.2 Å². The van der Waals surface area contributed by atoms with E-state index in [1.165, 1.54) is 0 Å². The van der Waals surface area contributed by atoms with Crippen LogP contribution in [-0.4, -0.2) is 25.6 Å². The average Bonchev–Trinajstić information content (AvgIpc) is 2.66. The van der Waals surface area contributed by atoms with Gasteiger partial charge in [-0.15, -0.1) is 0 Å². The van der Waals surface area contributed by atoms with Gasteiger partial charge in [0.05, 0.1) is 14.2 Å². The highest BCUT2D eigenvalue weighted by Gasteiger charge is 2.40. The van der Waals surface area contributed by atoms with E-state index in [9.17, 15) is 4.79 Å². The van der Waals surface area contributed by atoms with Gasteiger partial charge in [-0.2, -0.15) is 0 Å². The van der Waals surface area contributed by atoms with Crippen LogP contribution in [0.1, 0.15) is 69.3 Å². The molecule has 0 saturated heterocycles. The number of carbonyl (C=O) groups excluding carboxylic acids is 1. The summed E-state index contributed by atoms with van der Waals surface area (Å²) in [6.45, 7) is 8.64. The Labute approximate surface area is 169 Å². The number of methoxy groups -OCH3 is 2. The molecule has 3 rings (SSSR count). The van der Waals surface area contributed by atoms with Gasteiger partial charge in [0.15, 0.2) is 5.78 Å². The molecule has 2 atom stereocenters. The fourth-order valence-corrected chi connectivity index (χ4v) is 4.41. The molecule has 0 aromatic heterocycles. The molecular weight excluding hydrogens is 352 g/mol. The minimum absolute atomic E-state index is 0.0719. The zero-order valence-corrected chi connectivity index (χ0v) is 18.1. The van der Waals surface area contributed by atoms with Gasteiger partial charge in [0.25, 0.3) is 0 Å². The van der Waals surface area contributed by atoms with Crippen LogP contribution >= 0.6 is 0 Å². The summed E-state index contributed by atoms with van der Waals surface area (Å²) >= 11 is 0. The second-order valence-corrected chi connectivity index (χ2v) is 8.96. The number of allylic oxidation sites excluding steroid dienone is 1. The standard InChI is InChI=1S/C24H34O4/c1-15(2)13-19(25)22-21(27-6)14-20(26-5)18-9-12-24(28-23(18)22)10-7-17(8-11-24)16(3)4/h7,10,14-17H,8-9,11-13H2,1-6H3/t17-,24+/m1/s1. The van der Waals surface area contributed by atoms with Crippen molar-refractivity contribution >= 4 is 5.78 Å². The van der Waals surface area contributed by atoms with Gasteiger partial charge in [0, 0.05) is 18.1 Å². The van der Waals surface area contributed by atoms with E-state index in [2.05, 4.69) is 39.8 Å². The quantitative estimate of drug-likeness (QED) is 0.470. The van der Waals surface area contributed by atoms with E-state index in [1.807, 2.05) is 6.07 Å². The van der Waals surface area contributed by atoms with Crippen molar-refractivity contribution in [2.45, 2.75) is 65.4 Å². The maximum atomic E-state index is 13.1. The number of rotatable bonds is 6. The van der Waals surface area contributed by atoms with Crippen LogP contribution in [0.15, 0.2) is 18.2 Å². The van der Waals surface area contributed by atoms with Crippen LogP contribution in [-0.2, 0) is 6.42 Å². The molecule has 4 heteroatoms. The lowest BCUT2D eigenvalue weighted by Crippen LogP contribution is -2.41. The number of ketones is 1. The predicted molar refractivity (Wildman–Crippen MR) is 112 cm³/mol. The van der Waals surface area contributed by atoms with Crippen molar-refractivity contribution in [3.63, 3.8) is 0 Å². The molecule has 4 nitrogen and oxygen atoms in total. The molecule has 28 heavy (non-hydrogen) atoms. The van der Waals surface area contributed by atoms with Gasteiger partial charge in [-0.3, -0.25) is 4.79 Å². The highest BCUT2D eigenvalue weighted by molar-refractivity contribution is 6.02. The number of Topliss-reactive ketones (excluding diaryl/α,β-unsaturated/α-hetero) is 1. The first-order chi connectivity index (χ1) is 13.3. The van der Waals surface area contributed by atoms with Gasteiger partial charge in [-0.1, -0.05) is 33.8 Å². The van der Waals surface area contributed by atoms with Crippen molar-refractivity contribution in [1.82, 2.24) is 0 Å². The molecule has 2 aliphatic rings. The van der Waals surface area contributed by atoms with Gasteiger partial charge in [0.2, 0.25) is 0 Å². The van der Waals surface area contributed by atoms with Crippen molar-refractivity contribution in [3.8, 4) is 17.2 Å². The third-order valence-electron chi connectivity index (χ3n) is 6.13. The summed E-state index contributed by atoms with van der Waals surface area (Å²) in [4.78, 5) is 13.1. The monoisotopic (exact) mass is 386 g/mol. The summed E-state index contributed by atoms with van der Waals surface area (Å²) in [7, 11) is 3.25. The third kappa shape index (κ3) is 3.92. The fraction of sp³-hybridized carbons (Fsp3) is 0.625. The molecule has 0 amide bonds. The van der Waals surface area contributed by atoms with Crippen molar-refractivity contribution in [2.75, 3.05) is 14.2 Å². The summed E-state index contributed by atoms with van der Waals surface area (Å²) in [5.74, 6) is 3.52. The van der Waals surface area contributed by atoms with Crippen LogP contribution in [0.25, 0.3) is 0 Å². The molecule has 1 aromatic carbocycles. The molecule has 154 valence electrons. The first-order valence-electron chi connectivity index (χ1n) is 10.5. The largest absolute Gasteiger partial charge is 0.496 e. The van der Waals surface area contributed by atoms with E-state index in [0.29, 0.717) is 35.3 Å². The smallest absolute Gasteiger partial charge is 0.170 e. The van der Waals surface area contributed by atoms with Gasteiger partial charge >= 0.3 is 0 Å². The Hall–Kier alpha value is -1.97. The lowest BCUT2D eigenvalue weighted by Gasteiger charge is -2.41. The van der Waals surface area contributed by atoms with E-state index >= 15 is 0 Å². The van der Waals surface area contributed by atoms with Crippen LogP contribution in [0.5, 0.6) is 17.2 Å². The maximum Gasteiger partial charge on any atom is 0.170 e. The fourth-order valence-electron chi connectivity index (χ4n) is 4.41. The second-order valence-electron chi connectivity index (χ2n) is 8.96. The van der Waals surface area contributed by atoms with Crippen molar-refractivity contribution in [2.24, 2.45) is 17.8 Å². The Kier molecular flexibility index (Phi) is 6.07. The number of ether oxygens (including phenoxy) is 3. The Morgan fingerprint density at radius 1 is 1.18 bits per heavy atom. The van der Waals surface area contributed by atoms with Gasteiger partial charge in [-0.25, -0.2) is 0 Å². The minimum Gasteiger partial charge on any atom is -0.496 e. The normalized spacial score (nSPS) is 23.6. The Balaban J connectivity index is 2.06. The Morgan fingerprint density at radius 2 is 1.89 bits per heavy atom. The summed E-state index contributed by atoms with van der Waals surface area (Å²) < 4.78 is 17.8. The summed E-state index contributed by atoms with van der Waals surface area (Å²) in [5.41, 5.74) is 1.23. The van der Waals surface area contributed by atoms with Crippen LogP contribution in [0.4, 0.5) is 0 Å². The molecule has 1 heterocycles. The van der Waals surface area contributed by atoms with Gasteiger partial charge in [-0.05, 0) is 49.5 Å². The van der Waals surface area contributed by atoms with Crippen LogP contribution in [0.3, 0.4) is 0 Å². The van der Waals surface area contributed by atoms with Crippen LogP contribution < -0.4 is 14.2 Å². The molecule has 0 radical (unpaired) electrons. The van der Waals surface area contributed by atoms with Gasteiger partial charge < -0.3 is 14.2 Å². The third-order valence-corrected chi connectivity index (χ3v) is 6.13. The molecule has 0 fully saturated rings. The summed E-state index contributed by atoms with van der Waals surface area (Å²) in [5, 5.41) is 0. The SMILES string of the molecule is COc1cc(OC)c(C(=O)CC(C)C)c2c1CC[C@@]1(C=C[C@@H](C(C)C)CC1)O2. The lowest BCUT2D eigenvalue weighted by atomic mass is 9.76. The Bertz CT molecular complexity index is 762.